The number of carbonyl (C=O) groups is 1. The van der Waals surface area contributed by atoms with Crippen molar-refractivity contribution in [2.45, 2.75) is 26.0 Å². The first-order valence-electron chi connectivity index (χ1n) is 5.61. The Balaban J connectivity index is 2.27. The van der Waals surface area contributed by atoms with E-state index in [2.05, 4.69) is 14.1 Å². The molecule has 1 aromatic rings. The van der Waals surface area contributed by atoms with Crippen molar-refractivity contribution in [2.75, 3.05) is 13.2 Å². The molecule has 7 nitrogen and oxygen atoms in total. The van der Waals surface area contributed by atoms with Crippen LogP contribution in [-0.4, -0.2) is 45.1 Å². The van der Waals surface area contributed by atoms with Gasteiger partial charge in [0.25, 0.3) is 0 Å². The summed E-state index contributed by atoms with van der Waals surface area (Å²) in [7, 11) is 0. The summed E-state index contributed by atoms with van der Waals surface area (Å²) in [5.41, 5.74) is 5.24. The van der Waals surface area contributed by atoms with E-state index in [1.165, 1.54) is 6.20 Å². The summed E-state index contributed by atoms with van der Waals surface area (Å²) >= 11 is 1.03. The Labute approximate surface area is 110 Å². The number of nitrogens with zero attached hydrogens (tertiary/aromatic N) is 2. The van der Waals surface area contributed by atoms with Gasteiger partial charge in [-0.2, -0.15) is 4.37 Å². The van der Waals surface area contributed by atoms with E-state index < -0.39 is 18.1 Å². The number of hydrogen-bond acceptors (Lipinski definition) is 7. The van der Waals surface area contributed by atoms with Gasteiger partial charge in [-0.1, -0.05) is 13.8 Å². The molecule has 4 N–H and O–H groups in total. The number of ether oxygens (including phenoxy) is 1. The molecule has 102 valence electrons. The Kier molecular flexibility index (Phi) is 5.96. The van der Waals surface area contributed by atoms with Gasteiger partial charge in [0.05, 0.1) is 17.8 Å². The lowest BCUT2D eigenvalue weighted by molar-refractivity contribution is -0.121. The van der Waals surface area contributed by atoms with Gasteiger partial charge in [0, 0.05) is 6.54 Å². The Morgan fingerprint density at radius 1 is 1.67 bits per heavy atom. The van der Waals surface area contributed by atoms with Crippen LogP contribution in [0.3, 0.4) is 0 Å². The van der Waals surface area contributed by atoms with Crippen molar-refractivity contribution >= 4 is 17.6 Å². The minimum Gasteiger partial charge on any atom is -0.473 e. The lowest BCUT2D eigenvalue weighted by Gasteiger charge is -2.20. The van der Waals surface area contributed by atoms with Gasteiger partial charge in [-0.25, -0.2) is 0 Å². The predicted octanol–water partition coefficient (Wildman–Crippen LogP) is -0.623. The number of amides is 1. The number of primary amides is 1. The summed E-state index contributed by atoms with van der Waals surface area (Å²) < 4.78 is 12.8. The summed E-state index contributed by atoms with van der Waals surface area (Å²) in [4.78, 5) is 11.1. The normalized spacial score (nSPS) is 14.4. The van der Waals surface area contributed by atoms with Gasteiger partial charge < -0.3 is 20.9 Å². The molecule has 2 unspecified atom stereocenters. The van der Waals surface area contributed by atoms with Crippen LogP contribution in [0.1, 0.15) is 13.8 Å². The van der Waals surface area contributed by atoms with E-state index in [4.69, 9.17) is 10.5 Å². The number of aliphatic hydroxyl groups excluding tert-OH is 1. The van der Waals surface area contributed by atoms with E-state index in [9.17, 15) is 9.90 Å². The van der Waals surface area contributed by atoms with Crippen molar-refractivity contribution in [1.82, 2.24) is 14.1 Å². The predicted molar refractivity (Wildman–Crippen MR) is 67.2 cm³/mol. The first-order chi connectivity index (χ1) is 8.50. The van der Waals surface area contributed by atoms with E-state index >= 15 is 0 Å². The average molecular weight is 274 g/mol. The molecule has 0 fully saturated rings. The van der Waals surface area contributed by atoms with Crippen LogP contribution < -0.4 is 15.8 Å². The standard InChI is InChI=1S/C10H18N4O3S/c1-6(2)9(10(11)16)12-3-7(15)5-17-8-4-13-18-14-8/h4,6-7,9,12,15H,3,5H2,1-2H3,(H2,11,16). The van der Waals surface area contributed by atoms with Crippen molar-refractivity contribution in [1.29, 1.82) is 0 Å². The fourth-order valence-corrected chi connectivity index (χ4v) is 1.75. The molecule has 0 aliphatic heterocycles. The Hall–Kier alpha value is -1.25. The van der Waals surface area contributed by atoms with Gasteiger partial charge in [-0.05, 0) is 5.92 Å². The molecular formula is C10H18N4O3S. The van der Waals surface area contributed by atoms with Crippen LogP contribution in [0.15, 0.2) is 6.20 Å². The van der Waals surface area contributed by atoms with Crippen molar-refractivity contribution in [3.8, 4) is 5.88 Å². The molecular weight excluding hydrogens is 256 g/mol. The molecule has 0 aromatic carbocycles. The second-order valence-corrected chi connectivity index (χ2v) is 4.80. The molecule has 8 heteroatoms. The van der Waals surface area contributed by atoms with Gasteiger partial charge in [0.1, 0.15) is 18.9 Å². The van der Waals surface area contributed by atoms with Crippen molar-refractivity contribution in [3.05, 3.63) is 6.20 Å². The minimum atomic E-state index is -0.743. The van der Waals surface area contributed by atoms with E-state index in [1.54, 1.807) is 0 Å². The first-order valence-corrected chi connectivity index (χ1v) is 6.35. The molecule has 0 saturated carbocycles. The molecule has 0 saturated heterocycles. The van der Waals surface area contributed by atoms with Gasteiger partial charge >= 0.3 is 0 Å². The molecule has 1 amide bonds. The summed E-state index contributed by atoms with van der Waals surface area (Å²) in [6.45, 7) is 4.07. The van der Waals surface area contributed by atoms with Crippen molar-refractivity contribution in [2.24, 2.45) is 11.7 Å². The molecule has 1 heterocycles. The number of aliphatic hydroxyl groups is 1. The third-order valence-electron chi connectivity index (χ3n) is 2.31. The number of hydrogen-bond donors (Lipinski definition) is 3. The number of aromatic nitrogens is 2. The highest BCUT2D eigenvalue weighted by Gasteiger charge is 2.20. The topological polar surface area (TPSA) is 110 Å². The fourth-order valence-electron chi connectivity index (χ4n) is 1.39. The van der Waals surface area contributed by atoms with E-state index in [-0.39, 0.29) is 19.1 Å². The van der Waals surface area contributed by atoms with Crippen molar-refractivity contribution in [3.63, 3.8) is 0 Å². The number of carbonyl (C=O) groups excluding carboxylic acids is 1. The number of nitrogens with one attached hydrogen (secondary N) is 1. The van der Waals surface area contributed by atoms with Crippen LogP contribution in [0.2, 0.25) is 0 Å². The van der Waals surface area contributed by atoms with Crippen molar-refractivity contribution < 1.29 is 14.6 Å². The molecule has 0 radical (unpaired) electrons. The maximum absolute atomic E-state index is 11.1. The second kappa shape index (κ2) is 7.24. The van der Waals surface area contributed by atoms with Gasteiger partial charge in [0.15, 0.2) is 0 Å². The van der Waals surface area contributed by atoms with Gasteiger partial charge in [-0.3, -0.25) is 4.79 Å². The highest BCUT2D eigenvalue weighted by Crippen LogP contribution is 2.05. The summed E-state index contributed by atoms with van der Waals surface area (Å²) in [6.07, 6.45) is 0.734. The highest BCUT2D eigenvalue weighted by molar-refractivity contribution is 6.99. The monoisotopic (exact) mass is 274 g/mol. The molecule has 0 spiro atoms. The van der Waals surface area contributed by atoms with Gasteiger partial charge in [0.2, 0.25) is 11.8 Å². The zero-order valence-corrected chi connectivity index (χ0v) is 11.2. The average Bonchev–Trinajstić information content (AvgIpc) is 2.78. The largest absolute Gasteiger partial charge is 0.473 e. The van der Waals surface area contributed by atoms with E-state index in [1.807, 2.05) is 13.8 Å². The van der Waals surface area contributed by atoms with E-state index in [0.29, 0.717) is 5.88 Å². The Bertz CT molecular complexity index is 358. The lowest BCUT2D eigenvalue weighted by Crippen LogP contribution is -2.48. The smallest absolute Gasteiger partial charge is 0.245 e. The first kappa shape index (κ1) is 14.8. The Morgan fingerprint density at radius 3 is 2.89 bits per heavy atom. The third kappa shape index (κ3) is 4.94. The number of rotatable bonds is 8. The fraction of sp³-hybridized carbons (Fsp3) is 0.700. The highest BCUT2D eigenvalue weighted by atomic mass is 32.1. The summed E-state index contributed by atoms with van der Waals surface area (Å²) in [5.74, 6) is 0.0227. The van der Waals surface area contributed by atoms with Crippen LogP contribution in [0.25, 0.3) is 0 Å². The lowest BCUT2D eigenvalue weighted by atomic mass is 10.0. The Morgan fingerprint density at radius 2 is 2.39 bits per heavy atom. The molecule has 0 bridgehead atoms. The molecule has 18 heavy (non-hydrogen) atoms. The quantitative estimate of drug-likeness (QED) is 0.582. The van der Waals surface area contributed by atoms with Crippen LogP contribution in [0.4, 0.5) is 0 Å². The summed E-state index contributed by atoms with van der Waals surface area (Å²) in [6, 6.07) is -0.458. The maximum Gasteiger partial charge on any atom is 0.245 e. The molecule has 1 aromatic heterocycles. The summed E-state index contributed by atoms with van der Waals surface area (Å²) in [5, 5.41) is 12.6. The molecule has 0 aliphatic carbocycles. The zero-order chi connectivity index (χ0) is 13.5. The minimum absolute atomic E-state index is 0.0679. The van der Waals surface area contributed by atoms with Gasteiger partial charge in [-0.15, -0.1) is 4.37 Å². The van der Waals surface area contributed by atoms with E-state index in [0.717, 1.165) is 11.7 Å². The van der Waals surface area contributed by atoms with Crippen LogP contribution in [-0.2, 0) is 4.79 Å². The maximum atomic E-state index is 11.1. The van der Waals surface area contributed by atoms with Crippen LogP contribution in [0.5, 0.6) is 5.88 Å². The third-order valence-corrected chi connectivity index (χ3v) is 2.77. The van der Waals surface area contributed by atoms with Crippen LogP contribution in [0, 0.1) is 5.92 Å². The SMILES string of the molecule is CC(C)C(NCC(O)COc1cnsn1)C(N)=O. The van der Waals surface area contributed by atoms with Crippen LogP contribution >= 0.6 is 11.7 Å². The second-order valence-electron chi connectivity index (χ2n) is 4.24. The molecule has 2 atom stereocenters. The zero-order valence-electron chi connectivity index (χ0n) is 10.4. The number of nitrogens with two attached hydrogens (primary N) is 1. The molecule has 1 rings (SSSR count). The molecule has 0 aliphatic rings.